The summed E-state index contributed by atoms with van der Waals surface area (Å²) in [4.78, 5) is 7.25. The predicted octanol–water partition coefficient (Wildman–Crippen LogP) is 1.10. The Bertz CT molecular complexity index is 638. The number of nitrogens with one attached hydrogen (secondary N) is 2. The highest BCUT2D eigenvalue weighted by molar-refractivity contribution is 5.84. The standard InChI is InChI=1S/C13H15N5O/c1-19-10-2-3-12-11(6-10)9(7-17-12)4-5-16-13(15)18-8-14/h2-3,6-7,17H,4-5H2,1H3,(H3,15,16,18). The van der Waals surface area contributed by atoms with E-state index in [9.17, 15) is 0 Å². The van der Waals surface area contributed by atoms with Crippen molar-refractivity contribution in [3.8, 4) is 11.9 Å². The van der Waals surface area contributed by atoms with Crippen LogP contribution in [0.3, 0.4) is 0 Å². The maximum atomic E-state index is 8.38. The molecule has 0 saturated carbocycles. The lowest BCUT2D eigenvalue weighted by molar-refractivity contribution is 0.415. The number of ether oxygens (including phenoxy) is 1. The number of aromatic amines is 1. The second kappa shape index (κ2) is 5.78. The van der Waals surface area contributed by atoms with Crippen LogP contribution in [-0.2, 0) is 6.42 Å². The Morgan fingerprint density at radius 1 is 1.58 bits per heavy atom. The first-order valence-corrected chi connectivity index (χ1v) is 5.83. The number of H-pyrrole nitrogens is 1. The van der Waals surface area contributed by atoms with E-state index >= 15 is 0 Å². The highest BCUT2D eigenvalue weighted by Gasteiger charge is 2.04. The largest absolute Gasteiger partial charge is 0.497 e. The monoisotopic (exact) mass is 257 g/mol. The minimum atomic E-state index is 0.139. The van der Waals surface area contributed by atoms with Crippen molar-refractivity contribution >= 4 is 16.9 Å². The van der Waals surface area contributed by atoms with Crippen LogP contribution in [0.4, 0.5) is 0 Å². The minimum absolute atomic E-state index is 0.139. The zero-order valence-corrected chi connectivity index (χ0v) is 10.6. The molecule has 1 aromatic carbocycles. The lowest BCUT2D eigenvalue weighted by Crippen LogP contribution is -2.27. The minimum Gasteiger partial charge on any atom is -0.497 e. The zero-order chi connectivity index (χ0) is 13.7. The average Bonchev–Trinajstić information content (AvgIpc) is 2.81. The molecule has 0 fully saturated rings. The molecule has 2 rings (SSSR count). The van der Waals surface area contributed by atoms with Crippen molar-refractivity contribution in [3.05, 3.63) is 30.0 Å². The molecule has 1 heterocycles. The zero-order valence-electron chi connectivity index (χ0n) is 10.6. The van der Waals surface area contributed by atoms with E-state index in [1.54, 1.807) is 13.3 Å². The number of nitriles is 1. The Morgan fingerprint density at radius 2 is 2.42 bits per heavy atom. The predicted molar refractivity (Wildman–Crippen MR) is 73.8 cm³/mol. The number of guanidine groups is 1. The molecule has 6 heteroatoms. The van der Waals surface area contributed by atoms with Crippen molar-refractivity contribution in [2.24, 2.45) is 10.7 Å². The normalized spacial score (nSPS) is 11.3. The summed E-state index contributed by atoms with van der Waals surface area (Å²) < 4.78 is 5.21. The third-order valence-corrected chi connectivity index (χ3v) is 2.82. The summed E-state index contributed by atoms with van der Waals surface area (Å²) >= 11 is 0. The molecule has 0 unspecified atom stereocenters. The van der Waals surface area contributed by atoms with Gasteiger partial charge in [-0.15, -0.1) is 0 Å². The van der Waals surface area contributed by atoms with Crippen LogP contribution in [0.25, 0.3) is 10.9 Å². The molecule has 19 heavy (non-hydrogen) atoms. The molecule has 0 atom stereocenters. The van der Waals surface area contributed by atoms with Crippen molar-refractivity contribution in [1.29, 1.82) is 5.26 Å². The number of hydrogen-bond donors (Lipinski definition) is 3. The van der Waals surface area contributed by atoms with Crippen molar-refractivity contribution < 1.29 is 4.74 Å². The summed E-state index contributed by atoms with van der Waals surface area (Å²) in [6.45, 7) is 0.519. The average molecular weight is 257 g/mol. The van der Waals surface area contributed by atoms with Gasteiger partial charge in [0, 0.05) is 23.6 Å². The van der Waals surface area contributed by atoms with Gasteiger partial charge in [0.25, 0.3) is 0 Å². The summed E-state index contributed by atoms with van der Waals surface area (Å²) in [5, 5.41) is 11.8. The molecule has 2 aromatic rings. The third kappa shape index (κ3) is 2.96. The van der Waals surface area contributed by atoms with Crippen LogP contribution in [0, 0.1) is 11.5 Å². The highest BCUT2D eigenvalue weighted by atomic mass is 16.5. The molecule has 0 aliphatic rings. The van der Waals surface area contributed by atoms with E-state index in [4.69, 9.17) is 15.7 Å². The lowest BCUT2D eigenvalue weighted by atomic mass is 10.1. The highest BCUT2D eigenvalue weighted by Crippen LogP contribution is 2.23. The number of methoxy groups -OCH3 is 1. The first kappa shape index (κ1) is 12.8. The van der Waals surface area contributed by atoms with Crippen molar-refractivity contribution in [1.82, 2.24) is 10.3 Å². The van der Waals surface area contributed by atoms with E-state index in [1.807, 2.05) is 24.4 Å². The molecule has 0 saturated heterocycles. The lowest BCUT2D eigenvalue weighted by Gasteiger charge is -2.01. The van der Waals surface area contributed by atoms with Gasteiger partial charge < -0.3 is 15.5 Å². The number of aliphatic imine (C=N–C) groups is 1. The number of hydrogen-bond acceptors (Lipinski definition) is 3. The molecule has 0 radical (unpaired) electrons. The van der Waals surface area contributed by atoms with Crippen LogP contribution >= 0.6 is 0 Å². The molecular weight excluding hydrogens is 242 g/mol. The number of aromatic nitrogens is 1. The van der Waals surface area contributed by atoms with E-state index in [0.717, 1.165) is 28.6 Å². The second-order valence-electron chi connectivity index (χ2n) is 3.98. The fourth-order valence-electron chi connectivity index (χ4n) is 1.88. The summed E-state index contributed by atoms with van der Waals surface area (Å²) in [5.41, 5.74) is 7.67. The molecule has 0 amide bonds. The number of nitrogens with two attached hydrogens (primary N) is 1. The maximum Gasteiger partial charge on any atom is 0.202 e. The smallest absolute Gasteiger partial charge is 0.202 e. The van der Waals surface area contributed by atoms with Gasteiger partial charge in [-0.1, -0.05) is 0 Å². The molecule has 0 spiro atoms. The van der Waals surface area contributed by atoms with Gasteiger partial charge in [-0.3, -0.25) is 10.3 Å². The number of rotatable bonds is 4. The van der Waals surface area contributed by atoms with Crippen LogP contribution < -0.4 is 15.8 Å². The van der Waals surface area contributed by atoms with Gasteiger partial charge in [-0.05, 0) is 30.2 Å². The van der Waals surface area contributed by atoms with Crippen LogP contribution in [0.2, 0.25) is 0 Å². The SMILES string of the molecule is COc1ccc2[nH]cc(CCN=C(N)NC#N)c2c1. The summed E-state index contributed by atoms with van der Waals surface area (Å²) in [6, 6.07) is 5.88. The number of fused-ring (bicyclic) bond motifs is 1. The Kier molecular flexibility index (Phi) is 3.88. The van der Waals surface area contributed by atoms with Crippen molar-refractivity contribution in [2.75, 3.05) is 13.7 Å². The van der Waals surface area contributed by atoms with Crippen LogP contribution in [0.15, 0.2) is 29.4 Å². The van der Waals surface area contributed by atoms with Gasteiger partial charge in [0.1, 0.15) is 5.75 Å². The Balaban J connectivity index is 2.13. The van der Waals surface area contributed by atoms with Crippen LogP contribution in [-0.4, -0.2) is 24.6 Å². The van der Waals surface area contributed by atoms with Crippen molar-refractivity contribution in [2.45, 2.75) is 6.42 Å². The first-order valence-electron chi connectivity index (χ1n) is 5.83. The molecule has 0 bridgehead atoms. The molecular formula is C13H15N5O. The van der Waals surface area contributed by atoms with E-state index in [2.05, 4.69) is 15.3 Å². The molecule has 0 aliphatic heterocycles. The number of benzene rings is 1. The Labute approximate surface area is 110 Å². The van der Waals surface area contributed by atoms with Crippen LogP contribution in [0.1, 0.15) is 5.56 Å². The maximum absolute atomic E-state index is 8.38. The van der Waals surface area contributed by atoms with Gasteiger partial charge in [-0.2, -0.15) is 5.26 Å². The second-order valence-corrected chi connectivity index (χ2v) is 3.98. The van der Waals surface area contributed by atoms with Gasteiger partial charge in [-0.25, -0.2) is 0 Å². The summed E-state index contributed by atoms with van der Waals surface area (Å²) in [6.07, 6.45) is 4.42. The van der Waals surface area contributed by atoms with Gasteiger partial charge >= 0.3 is 0 Å². The fraction of sp³-hybridized carbons (Fsp3) is 0.231. The Morgan fingerprint density at radius 3 is 3.16 bits per heavy atom. The van der Waals surface area contributed by atoms with Gasteiger partial charge in [0.2, 0.25) is 5.96 Å². The van der Waals surface area contributed by atoms with E-state index in [1.165, 1.54) is 0 Å². The van der Waals surface area contributed by atoms with Gasteiger partial charge in [0.05, 0.1) is 7.11 Å². The van der Waals surface area contributed by atoms with E-state index in [0.29, 0.717) is 6.54 Å². The van der Waals surface area contributed by atoms with E-state index < -0.39 is 0 Å². The first-order chi connectivity index (χ1) is 9.24. The topological polar surface area (TPSA) is 99.2 Å². The van der Waals surface area contributed by atoms with Crippen LogP contribution in [0.5, 0.6) is 5.75 Å². The third-order valence-electron chi connectivity index (χ3n) is 2.82. The number of nitrogens with zero attached hydrogens (tertiary/aromatic N) is 2. The molecule has 6 nitrogen and oxygen atoms in total. The van der Waals surface area contributed by atoms with E-state index in [-0.39, 0.29) is 5.96 Å². The molecule has 1 aromatic heterocycles. The summed E-state index contributed by atoms with van der Waals surface area (Å²) in [7, 11) is 1.64. The molecule has 0 aliphatic carbocycles. The van der Waals surface area contributed by atoms with Gasteiger partial charge in [0.15, 0.2) is 6.19 Å². The van der Waals surface area contributed by atoms with Crippen molar-refractivity contribution in [3.63, 3.8) is 0 Å². The fourth-order valence-corrected chi connectivity index (χ4v) is 1.88. The quantitative estimate of drug-likeness (QED) is 0.330. The summed E-state index contributed by atoms with van der Waals surface area (Å²) in [5.74, 6) is 0.961. The Hall–Kier alpha value is -2.68. The molecule has 98 valence electrons. The molecule has 4 N–H and O–H groups in total.